The summed E-state index contributed by atoms with van der Waals surface area (Å²) in [7, 11) is 0. The van der Waals surface area contributed by atoms with Crippen LogP contribution < -0.4 is 11.1 Å². The summed E-state index contributed by atoms with van der Waals surface area (Å²) in [5.74, 6) is -0.277. The Labute approximate surface area is 79.1 Å². The van der Waals surface area contributed by atoms with E-state index in [0.717, 1.165) is 0 Å². The maximum Gasteiger partial charge on any atom is 0.224 e. The summed E-state index contributed by atoms with van der Waals surface area (Å²) < 4.78 is 0. The molecule has 0 aliphatic heterocycles. The fourth-order valence-electron chi connectivity index (χ4n) is 0.629. The molecule has 0 aliphatic rings. The fraction of sp³-hybridized carbons (Fsp3) is 0.778. The molecule has 74 valence electrons. The molecular weight excluding hydrogens is 166 g/mol. The molecule has 13 heavy (non-hydrogen) atoms. The van der Waals surface area contributed by atoms with Crippen molar-refractivity contribution in [2.24, 2.45) is 17.1 Å². The van der Waals surface area contributed by atoms with E-state index in [4.69, 9.17) is 11.0 Å². The Hall–Kier alpha value is -1.08. The zero-order valence-corrected chi connectivity index (χ0v) is 8.42. The van der Waals surface area contributed by atoms with Crippen molar-refractivity contribution in [3.63, 3.8) is 0 Å². The van der Waals surface area contributed by atoms with Crippen molar-refractivity contribution < 1.29 is 4.79 Å². The molecule has 0 heterocycles. The lowest BCUT2D eigenvalue weighted by Gasteiger charge is -2.17. The zero-order valence-electron chi connectivity index (χ0n) is 8.42. The predicted octanol–water partition coefficient (Wildman–Crippen LogP) is 0.247. The molecule has 0 aromatic rings. The van der Waals surface area contributed by atoms with Gasteiger partial charge in [0.25, 0.3) is 0 Å². The van der Waals surface area contributed by atoms with Crippen LogP contribution in [0, 0.1) is 22.7 Å². The first-order valence-corrected chi connectivity index (χ1v) is 4.32. The second-order valence-corrected chi connectivity index (χ2v) is 3.85. The van der Waals surface area contributed by atoms with Gasteiger partial charge in [-0.15, -0.1) is 0 Å². The van der Waals surface area contributed by atoms with Crippen molar-refractivity contribution in [1.82, 2.24) is 5.32 Å². The lowest BCUT2D eigenvalue weighted by atomic mass is 9.96. The standard InChI is InChI=1S/C9H17N3O/c1-7(4-10)8(13)12-6-9(2,3)5-11/h7H,4,6,10H2,1-3H3,(H,12,13). The van der Waals surface area contributed by atoms with Gasteiger partial charge in [0.15, 0.2) is 0 Å². The van der Waals surface area contributed by atoms with Crippen LogP contribution in [0.1, 0.15) is 20.8 Å². The molecule has 0 aliphatic carbocycles. The SMILES string of the molecule is CC(CN)C(=O)NCC(C)(C)C#N. The summed E-state index contributed by atoms with van der Waals surface area (Å²) in [4.78, 5) is 11.2. The molecule has 1 unspecified atom stereocenters. The van der Waals surface area contributed by atoms with Crippen molar-refractivity contribution in [3.8, 4) is 6.07 Å². The third kappa shape index (κ3) is 4.48. The van der Waals surface area contributed by atoms with Gasteiger partial charge in [-0.1, -0.05) is 6.92 Å². The lowest BCUT2D eigenvalue weighted by molar-refractivity contribution is -0.124. The van der Waals surface area contributed by atoms with Crippen molar-refractivity contribution in [1.29, 1.82) is 5.26 Å². The Morgan fingerprint density at radius 2 is 2.23 bits per heavy atom. The largest absolute Gasteiger partial charge is 0.354 e. The highest BCUT2D eigenvalue weighted by molar-refractivity contribution is 5.78. The smallest absolute Gasteiger partial charge is 0.224 e. The monoisotopic (exact) mass is 183 g/mol. The number of carbonyl (C=O) groups excluding carboxylic acids is 1. The van der Waals surface area contributed by atoms with Gasteiger partial charge in [-0.25, -0.2) is 0 Å². The van der Waals surface area contributed by atoms with Gasteiger partial charge >= 0.3 is 0 Å². The van der Waals surface area contributed by atoms with Crippen LogP contribution in [0.25, 0.3) is 0 Å². The van der Waals surface area contributed by atoms with Gasteiger partial charge in [-0.2, -0.15) is 5.26 Å². The van der Waals surface area contributed by atoms with Crippen molar-refractivity contribution in [3.05, 3.63) is 0 Å². The fourth-order valence-corrected chi connectivity index (χ4v) is 0.629. The highest BCUT2D eigenvalue weighted by Crippen LogP contribution is 2.10. The maximum atomic E-state index is 11.2. The van der Waals surface area contributed by atoms with Gasteiger partial charge in [-0.05, 0) is 13.8 Å². The zero-order chi connectivity index (χ0) is 10.5. The van der Waals surface area contributed by atoms with Crippen LogP contribution in [0.15, 0.2) is 0 Å². The molecule has 4 heteroatoms. The first kappa shape index (κ1) is 11.9. The van der Waals surface area contributed by atoms with Gasteiger partial charge in [-0.3, -0.25) is 4.79 Å². The summed E-state index contributed by atoms with van der Waals surface area (Å²) in [5.41, 5.74) is 4.81. The summed E-state index contributed by atoms with van der Waals surface area (Å²) in [6.45, 7) is 6.01. The van der Waals surface area contributed by atoms with Gasteiger partial charge in [0.05, 0.1) is 11.5 Å². The Kier molecular flexibility index (Phi) is 4.43. The van der Waals surface area contributed by atoms with E-state index < -0.39 is 5.41 Å². The number of carbonyl (C=O) groups is 1. The summed E-state index contributed by atoms with van der Waals surface area (Å²) in [6.07, 6.45) is 0. The van der Waals surface area contributed by atoms with E-state index in [2.05, 4.69) is 11.4 Å². The second kappa shape index (κ2) is 4.83. The van der Waals surface area contributed by atoms with Crippen LogP contribution >= 0.6 is 0 Å². The van der Waals surface area contributed by atoms with Crippen molar-refractivity contribution in [2.45, 2.75) is 20.8 Å². The molecule has 0 radical (unpaired) electrons. The first-order chi connectivity index (χ1) is 5.93. The minimum absolute atomic E-state index is 0.0918. The van der Waals surface area contributed by atoms with Crippen LogP contribution in [0.2, 0.25) is 0 Å². The average molecular weight is 183 g/mol. The number of hydrogen-bond donors (Lipinski definition) is 2. The molecule has 4 nitrogen and oxygen atoms in total. The molecule has 0 saturated carbocycles. The Balaban J connectivity index is 3.91. The third-order valence-electron chi connectivity index (χ3n) is 1.81. The summed E-state index contributed by atoms with van der Waals surface area (Å²) in [6, 6.07) is 2.11. The maximum absolute atomic E-state index is 11.2. The van der Waals surface area contributed by atoms with Crippen LogP contribution in [-0.4, -0.2) is 19.0 Å². The van der Waals surface area contributed by atoms with E-state index in [1.165, 1.54) is 0 Å². The molecule has 0 aromatic heterocycles. The molecule has 0 aromatic carbocycles. The van der Waals surface area contributed by atoms with Crippen LogP contribution in [0.3, 0.4) is 0 Å². The molecule has 1 atom stereocenters. The van der Waals surface area contributed by atoms with E-state index in [1.54, 1.807) is 20.8 Å². The first-order valence-electron chi connectivity index (χ1n) is 4.32. The van der Waals surface area contributed by atoms with E-state index >= 15 is 0 Å². The molecule has 3 N–H and O–H groups in total. The van der Waals surface area contributed by atoms with Crippen LogP contribution in [0.4, 0.5) is 0 Å². The molecule has 0 spiro atoms. The highest BCUT2D eigenvalue weighted by Gasteiger charge is 2.19. The Morgan fingerprint density at radius 3 is 2.62 bits per heavy atom. The highest BCUT2D eigenvalue weighted by atomic mass is 16.1. The number of rotatable bonds is 4. The number of amides is 1. The van der Waals surface area contributed by atoms with E-state index in [9.17, 15) is 4.79 Å². The number of nitrogens with zero attached hydrogens (tertiary/aromatic N) is 1. The normalized spacial score (nSPS) is 13.2. The lowest BCUT2D eigenvalue weighted by Crippen LogP contribution is -2.38. The van der Waals surface area contributed by atoms with Gasteiger partial charge < -0.3 is 11.1 Å². The molecule has 0 bridgehead atoms. The van der Waals surface area contributed by atoms with Crippen molar-refractivity contribution >= 4 is 5.91 Å². The number of hydrogen-bond acceptors (Lipinski definition) is 3. The van der Waals surface area contributed by atoms with E-state index in [0.29, 0.717) is 13.1 Å². The number of nitrogens with one attached hydrogen (secondary N) is 1. The third-order valence-corrected chi connectivity index (χ3v) is 1.81. The minimum atomic E-state index is -0.510. The molecule has 0 fully saturated rings. The summed E-state index contributed by atoms with van der Waals surface area (Å²) >= 11 is 0. The molecular formula is C9H17N3O. The Bertz CT molecular complexity index is 217. The molecule has 0 rings (SSSR count). The minimum Gasteiger partial charge on any atom is -0.354 e. The van der Waals surface area contributed by atoms with Crippen molar-refractivity contribution in [2.75, 3.05) is 13.1 Å². The van der Waals surface area contributed by atoms with Gasteiger partial charge in [0, 0.05) is 19.0 Å². The predicted molar refractivity (Wildman–Crippen MR) is 50.6 cm³/mol. The van der Waals surface area contributed by atoms with Crippen LogP contribution in [-0.2, 0) is 4.79 Å². The van der Waals surface area contributed by atoms with Gasteiger partial charge in [0.2, 0.25) is 5.91 Å². The van der Waals surface area contributed by atoms with Crippen LogP contribution in [0.5, 0.6) is 0 Å². The topological polar surface area (TPSA) is 78.9 Å². The van der Waals surface area contributed by atoms with E-state index in [1.807, 2.05) is 0 Å². The molecule has 0 saturated heterocycles. The average Bonchev–Trinajstić information content (AvgIpc) is 2.13. The molecule has 1 amide bonds. The number of nitriles is 1. The number of nitrogens with two attached hydrogens (primary N) is 1. The quantitative estimate of drug-likeness (QED) is 0.655. The van der Waals surface area contributed by atoms with Gasteiger partial charge in [0.1, 0.15) is 0 Å². The Morgan fingerprint density at radius 1 is 1.69 bits per heavy atom. The second-order valence-electron chi connectivity index (χ2n) is 3.85. The van der Waals surface area contributed by atoms with E-state index in [-0.39, 0.29) is 11.8 Å². The summed E-state index contributed by atoms with van der Waals surface area (Å²) in [5, 5.41) is 11.4.